The summed E-state index contributed by atoms with van der Waals surface area (Å²) < 4.78 is 30.7. The molecule has 2 aromatic rings. The van der Waals surface area contributed by atoms with Crippen LogP contribution >= 0.6 is 0 Å². The summed E-state index contributed by atoms with van der Waals surface area (Å²) in [6.07, 6.45) is 0. The molecule has 0 bridgehead atoms. The highest BCUT2D eigenvalue weighted by Gasteiger charge is 2.24. The zero-order chi connectivity index (χ0) is 17.0. The Balaban J connectivity index is 2.46. The van der Waals surface area contributed by atoms with Gasteiger partial charge in [-0.2, -0.15) is 0 Å². The van der Waals surface area contributed by atoms with E-state index in [2.05, 4.69) is 4.74 Å². The third-order valence-corrected chi connectivity index (χ3v) is 5.08. The summed E-state index contributed by atoms with van der Waals surface area (Å²) in [4.78, 5) is 16.9. The first kappa shape index (κ1) is 17.4. The Morgan fingerprint density at radius 3 is 2.35 bits per heavy atom. The second-order valence-corrected chi connectivity index (χ2v) is 6.59. The van der Waals surface area contributed by atoms with Crippen molar-refractivity contribution < 1.29 is 22.8 Å². The molecule has 0 saturated heterocycles. The van der Waals surface area contributed by atoms with Crippen LogP contribution in [-0.2, 0) is 19.6 Å². The standard InChI is InChI=1S/C16H19NO5S/c1-4-17(22-5-2)23(19,20)15-9-8-12-10-14(16(18)21-3)7-6-13(12)11-15/h6-11H,4-5H2,1-3H3. The summed E-state index contributed by atoms with van der Waals surface area (Å²) in [6.45, 7) is 3.92. The van der Waals surface area contributed by atoms with Gasteiger partial charge in [-0.15, -0.1) is 0 Å². The van der Waals surface area contributed by atoms with E-state index >= 15 is 0 Å². The number of hydrogen-bond donors (Lipinski definition) is 0. The molecule has 6 nitrogen and oxygen atoms in total. The monoisotopic (exact) mass is 337 g/mol. The third kappa shape index (κ3) is 3.52. The van der Waals surface area contributed by atoms with Crippen LogP contribution in [0.1, 0.15) is 24.2 Å². The largest absolute Gasteiger partial charge is 0.465 e. The van der Waals surface area contributed by atoms with E-state index in [-0.39, 0.29) is 18.0 Å². The minimum Gasteiger partial charge on any atom is -0.465 e. The van der Waals surface area contributed by atoms with Gasteiger partial charge in [-0.05, 0) is 48.9 Å². The summed E-state index contributed by atoms with van der Waals surface area (Å²) in [5.41, 5.74) is 0.417. The van der Waals surface area contributed by atoms with Crippen molar-refractivity contribution in [2.75, 3.05) is 20.3 Å². The Kier molecular flexibility index (Phi) is 5.35. The van der Waals surface area contributed by atoms with E-state index in [0.717, 1.165) is 9.85 Å². The van der Waals surface area contributed by atoms with Gasteiger partial charge in [-0.25, -0.2) is 13.2 Å². The molecule has 0 spiro atoms. The molecule has 0 unspecified atom stereocenters. The van der Waals surface area contributed by atoms with Crippen LogP contribution in [0.2, 0.25) is 0 Å². The average Bonchev–Trinajstić information content (AvgIpc) is 2.57. The molecule has 124 valence electrons. The highest BCUT2D eigenvalue weighted by atomic mass is 32.2. The molecule has 23 heavy (non-hydrogen) atoms. The highest BCUT2D eigenvalue weighted by molar-refractivity contribution is 7.89. The number of methoxy groups -OCH3 is 1. The van der Waals surface area contributed by atoms with Crippen LogP contribution in [0.3, 0.4) is 0 Å². The molecule has 2 rings (SSSR count). The molecule has 0 amide bonds. The fourth-order valence-electron chi connectivity index (χ4n) is 2.22. The quantitative estimate of drug-likeness (QED) is 0.598. The molecule has 0 saturated carbocycles. The van der Waals surface area contributed by atoms with Gasteiger partial charge in [0.2, 0.25) is 0 Å². The number of hydroxylamine groups is 1. The van der Waals surface area contributed by atoms with Gasteiger partial charge in [0, 0.05) is 6.54 Å². The normalized spacial score (nSPS) is 11.8. The number of hydrogen-bond acceptors (Lipinski definition) is 5. The Hall–Kier alpha value is -1.96. The molecule has 0 atom stereocenters. The Bertz CT molecular complexity index is 816. The predicted molar refractivity (Wildman–Crippen MR) is 86.5 cm³/mol. The van der Waals surface area contributed by atoms with Crippen LogP contribution in [-0.4, -0.2) is 39.1 Å². The van der Waals surface area contributed by atoms with Gasteiger partial charge in [0.05, 0.1) is 24.2 Å². The van der Waals surface area contributed by atoms with Gasteiger partial charge in [0.15, 0.2) is 0 Å². The van der Waals surface area contributed by atoms with E-state index in [4.69, 9.17) is 4.84 Å². The zero-order valence-electron chi connectivity index (χ0n) is 13.3. The van der Waals surface area contributed by atoms with Gasteiger partial charge in [0.1, 0.15) is 0 Å². The van der Waals surface area contributed by atoms with Crippen molar-refractivity contribution in [3.8, 4) is 0 Å². The number of carbonyl (C=O) groups excluding carboxylic acids is 1. The first-order valence-corrected chi connectivity index (χ1v) is 8.65. The summed E-state index contributed by atoms with van der Waals surface area (Å²) >= 11 is 0. The Morgan fingerprint density at radius 1 is 1.09 bits per heavy atom. The van der Waals surface area contributed by atoms with E-state index < -0.39 is 16.0 Å². The van der Waals surface area contributed by atoms with Crippen molar-refractivity contribution in [2.45, 2.75) is 18.7 Å². The number of nitrogens with zero attached hydrogens (tertiary/aromatic N) is 1. The van der Waals surface area contributed by atoms with Crippen LogP contribution in [0.5, 0.6) is 0 Å². The molecule has 0 heterocycles. The van der Waals surface area contributed by atoms with Crippen molar-refractivity contribution in [3.05, 3.63) is 42.0 Å². The van der Waals surface area contributed by atoms with Crippen LogP contribution < -0.4 is 0 Å². The highest BCUT2D eigenvalue weighted by Crippen LogP contribution is 2.23. The number of carbonyl (C=O) groups is 1. The molecule has 0 aliphatic rings. The van der Waals surface area contributed by atoms with Gasteiger partial charge in [-0.3, -0.25) is 4.84 Å². The third-order valence-electron chi connectivity index (χ3n) is 3.33. The number of rotatable bonds is 6. The molecular formula is C16H19NO5S. The van der Waals surface area contributed by atoms with Crippen LogP contribution in [0.25, 0.3) is 10.8 Å². The molecule has 0 aliphatic carbocycles. The van der Waals surface area contributed by atoms with Crippen molar-refractivity contribution in [2.24, 2.45) is 0 Å². The number of fused-ring (bicyclic) bond motifs is 1. The predicted octanol–water partition coefficient (Wildman–Crippen LogP) is 2.59. The van der Waals surface area contributed by atoms with E-state index in [9.17, 15) is 13.2 Å². The van der Waals surface area contributed by atoms with Gasteiger partial charge >= 0.3 is 5.97 Å². The fraction of sp³-hybridized carbons (Fsp3) is 0.312. The molecule has 7 heteroatoms. The van der Waals surface area contributed by atoms with Gasteiger partial charge in [-0.1, -0.05) is 16.6 Å². The molecule has 0 radical (unpaired) electrons. The number of esters is 1. The summed E-state index contributed by atoms with van der Waals surface area (Å²) in [5.74, 6) is -0.433. The number of ether oxygens (including phenoxy) is 1. The minimum atomic E-state index is -3.72. The molecule has 0 aliphatic heterocycles. The van der Waals surface area contributed by atoms with Gasteiger partial charge in [0.25, 0.3) is 10.0 Å². The Labute approximate surface area is 135 Å². The topological polar surface area (TPSA) is 72.9 Å². The lowest BCUT2D eigenvalue weighted by Crippen LogP contribution is -2.31. The fourth-order valence-corrected chi connectivity index (χ4v) is 3.56. The maximum Gasteiger partial charge on any atom is 0.337 e. The maximum absolute atomic E-state index is 12.5. The van der Waals surface area contributed by atoms with Crippen molar-refractivity contribution in [1.82, 2.24) is 4.47 Å². The maximum atomic E-state index is 12.5. The van der Waals surface area contributed by atoms with E-state index in [0.29, 0.717) is 10.9 Å². The zero-order valence-corrected chi connectivity index (χ0v) is 14.1. The smallest absolute Gasteiger partial charge is 0.337 e. The average molecular weight is 337 g/mol. The van der Waals surface area contributed by atoms with Crippen LogP contribution in [0.15, 0.2) is 41.3 Å². The van der Waals surface area contributed by atoms with Crippen LogP contribution in [0, 0.1) is 0 Å². The second kappa shape index (κ2) is 7.08. The lowest BCUT2D eigenvalue weighted by atomic mass is 10.1. The summed E-state index contributed by atoms with van der Waals surface area (Å²) in [7, 11) is -2.40. The first-order valence-electron chi connectivity index (χ1n) is 7.21. The second-order valence-electron chi connectivity index (χ2n) is 4.76. The number of sulfonamides is 1. The molecule has 0 aromatic heterocycles. The Morgan fingerprint density at radius 2 is 1.74 bits per heavy atom. The molecular weight excluding hydrogens is 318 g/mol. The van der Waals surface area contributed by atoms with Crippen molar-refractivity contribution >= 4 is 26.8 Å². The molecule has 2 aromatic carbocycles. The molecule has 0 N–H and O–H groups in total. The van der Waals surface area contributed by atoms with E-state index in [1.54, 1.807) is 44.2 Å². The molecule has 0 fully saturated rings. The van der Waals surface area contributed by atoms with E-state index in [1.807, 2.05) is 0 Å². The first-order chi connectivity index (χ1) is 10.9. The van der Waals surface area contributed by atoms with E-state index in [1.165, 1.54) is 13.2 Å². The van der Waals surface area contributed by atoms with Crippen molar-refractivity contribution in [3.63, 3.8) is 0 Å². The van der Waals surface area contributed by atoms with Gasteiger partial charge < -0.3 is 4.74 Å². The summed E-state index contributed by atoms with van der Waals surface area (Å²) in [6, 6.07) is 9.68. The lowest BCUT2D eigenvalue weighted by molar-refractivity contribution is -0.0743. The SMILES string of the molecule is CCON(CC)S(=O)(=O)c1ccc2cc(C(=O)OC)ccc2c1. The summed E-state index contributed by atoms with van der Waals surface area (Å²) in [5, 5.41) is 1.47. The number of benzene rings is 2. The minimum absolute atomic E-state index is 0.145. The lowest BCUT2D eigenvalue weighted by Gasteiger charge is -2.19. The van der Waals surface area contributed by atoms with Crippen molar-refractivity contribution in [1.29, 1.82) is 0 Å². The van der Waals surface area contributed by atoms with Crippen LogP contribution in [0.4, 0.5) is 0 Å².